The van der Waals surface area contributed by atoms with E-state index in [-0.39, 0.29) is 6.03 Å². The average molecular weight is 286 g/mol. The van der Waals surface area contributed by atoms with Gasteiger partial charge in [0, 0.05) is 31.1 Å². The molecule has 0 spiro atoms. The monoisotopic (exact) mass is 286 g/mol. The van der Waals surface area contributed by atoms with E-state index in [0.29, 0.717) is 24.1 Å². The second-order valence-electron chi connectivity index (χ2n) is 5.64. The zero-order chi connectivity index (χ0) is 14.0. The van der Waals surface area contributed by atoms with Crippen LogP contribution >= 0.6 is 11.8 Å². The molecule has 0 saturated carbocycles. The molecule has 0 aromatic heterocycles. The minimum atomic E-state index is -0.889. The lowest BCUT2D eigenvalue weighted by molar-refractivity contribution is -0.141. The van der Waals surface area contributed by atoms with Gasteiger partial charge in [0.2, 0.25) is 0 Å². The number of urea groups is 1. The topological polar surface area (TPSA) is 60.9 Å². The summed E-state index contributed by atoms with van der Waals surface area (Å²) in [6.45, 7) is 6.43. The van der Waals surface area contributed by atoms with Crippen molar-refractivity contribution in [1.82, 2.24) is 9.80 Å². The van der Waals surface area contributed by atoms with E-state index in [1.807, 2.05) is 4.90 Å². The summed E-state index contributed by atoms with van der Waals surface area (Å²) in [6.07, 6.45) is 1.03. The van der Waals surface area contributed by atoms with E-state index in [1.165, 1.54) is 0 Å². The molecule has 1 N–H and O–H groups in total. The molecule has 0 bridgehead atoms. The van der Waals surface area contributed by atoms with Crippen molar-refractivity contribution in [1.29, 1.82) is 0 Å². The fourth-order valence-electron chi connectivity index (χ4n) is 2.72. The number of carbonyl (C=O) groups is 2. The molecule has 2 heterocycles. The van der Waals surface area contributed by atoms with Gasteiger partial charge in [-0.2, -0.15) is 11.8 Å². The SMILES string of the molecule is CC(C)C1CCN(C(=O)N2CCSCC2C(=O)O)C1. The Labute approximate surface area is 118 Å². The molecule has 19 heavy (non-hydrogen) atoms. The number of carboxylic acids is 1. The number of rotatable bonds is 2. The number of amides is 2. The molecule has 2 unspecified atom stereocenters. The van der Waals surface area contributed by atoms with E-state index in [1.54, 1.807) is 16.7 Å². The number of hydrogen-bond donors (Lipinski definition) is 1. The third kappa shape index (κ3) is 3.16. The Morgan fingerprint density at radius 3 is 2.63 bits per heavy atom. The summed E-state index contributed by atoms with van der Waals surface area (Å²) < 4.78 is 0. The Bertz CT molecular complexity index is 362. The van der Waals surface area contributed by atoms with Gasteiger partial charge in [-0.15, -0.1) is 0 Å². The molecule has 0 radical (unpaired) electrons. The summed E-state index contributed by atoms with van der Waals surface area (Å²) >= 11 is 1.61. The van der Waals surface area contributed by atoms with Gasteiger partial charge in [0.25, 0.3) is 0 Å². The Kier molecular flexibility index (Phi) is 4.60. The van der Waals surface area contributed by atoms with Crippen molar-refractivity contribution >= 4 is 23.8 Å². The summed E-state index contributed by atoms with van der Waals surface area (Å²) in [5.74, 6) is 1.57. The maximum Gasteiger partial charge on any atom is 0.327 e. The first-order chi connectivity index (χ1) is 9.00. The normalized spacial score (nSPS) is 27.9. The molecule has 6 heteroatoms. The lowest BCUT2D eigenvalue weighted by Crippen LogP contribution is -2.54. The smallest absolute Gasteiger partial charge is 0.327 e. The highest BCUT2D eigenvalue weighted by Crippen LogP contribution is 2.26. The van der Waals surface area contributed by atoms with Crippen molar-refractivity contribution in [2.24, 2.45) is 11.8 Å². The molecule has 2 aliphatic rings. The van der Waals surface area contributed by atoms with E-state index in [9.17, 15) is 14.7 Å². The zero-order valence-electron chi connectivity index (χ0n) is 11.5. The number of carbonyl (C=O) groups excluding carboxylic acids is 1. The first-order valence-electron chi connectivity index (χ1n) is 6.86. The van der Waals surface area contributed by atoms with E-state index >= 15 is 0 Å². The average Bonchev–Trinajstić information content (AvgIpc) is 2.87. The van der Waals surface area contributed by atoms with E-state index in [2.05, 4.69) is 13.8 Å². The first-order valence-corrected chi connectivity index (χ1v) is 8.02. The molecule has 2 amide bonds. The quantitative estimate of drug-likeness (QED) is 0.837. The predicted octanol–water partition coefficient (Wildman–Crippen LogP) is 1.59. The highest BCUT2D eigenvalue weighted by Gasteiger charge is 2.37. The fourth-order valence-corrected chi connectivity index (χ4v) is 3.76. The largest absolute Gasteiger partial charge is 0.480 e. The van der Waals surface area contributed by atoms with Gasteiger partial charge in [0.1, 0.15) is 6.04 Å². The summed E-state index contributed by atoms with van der Waals surface area (Å²) in [7, 11) is 0. The standard InChI is InChI=1S/C13H22N2O3S/c1-9(2)10-3-4-14(7-10)13(18)15-5-6-19-8-11(15)12(16)17/h9-11H,3-8H2,1-2H3,(H,16,17). The van der Waals surface area contributed by atoms with E-state index in [0.717, 1.165) is 25.3 Å². The van der Waals surface area contributed by atoms with Crippen LogP contribution in [-0.4, -0.2) is 64.1 Å². The van der Waals surface area contributed by atoms with Crippen molar-refractivity contribution in [3.63, 3.8) is 0 Å². The van der Waals surface area contributed by atoms with Gasteiger partial charge in [-0.1, -0.05) is 13.8 Å². The van der Waals surface area contributed by atoms with Crippen LogP contribution in [0.3, 0.4) is 0 Å². The van der Waals surface area contributed by atoms with Crippen LogP contribution < -0.4 is 0 Å². The van der Waals surface area contributed by atoms with Gasteiger partial charge in [-0.3, -0.25) is 0 Å². The molecule has 0 aromatic carbocycles. The number of likely N-dealkylation sites (tertiary alicyclic amines) is 1. The van der Waals surface area contributed by atoms with Gasteiger partial charge >= 0.3 is 12.0 Å². The van der Waals surface area contributed by atoms with E-state index < -0.39 is 12.0 Å². The molecule has 5 nitrogen and oxygen atoms in total. The Morgan fingerprint density at radius 2 is 2.05 bits per heavy atom. The lowest BCUT2D eigenvalue weighted by atomic mass is 9.95. The number of aliphatic carboxylic acids is 1. The molecule has 0 aromatic rings. The third-order valence-electron chi connectivity index (χ3n) is 4.10. The minimum Gasteiger partial charge on any atom is -0.480 e. The Morgan fingerprint density at radius 1 is 1.32 bits per heavy atom. The maximum atomic E-state index is 12.5. The molecular weight excluding hydrogens is 264 g/mol. The van der Waals surface area contributed by atoms with Crippen LogP contribution in [0.4, 0.5) is 4.79 Å². The van der Waals surface area contributed by atoms with Crippen LogP contribution in [0.5, 0.6) is 0 Å². The van der Waals surface area contributed by atoms with Crippen molar-refractivity contribution in [2.75, 3.05) is 31.1 Å². The molecule has 2 aliphatic heterocycles. The molecule has 2 rings (SSSR count). The first kappa shape index (κ1) is 14.5. The molecular formula is C13H22N2O3S. The van der Waals surface area contributed by atoms with E-state index in [4.69, 9.17) is 0 Å². The zero-order valence-corrected chi connectivity index (χ0v) is 12.4. The summed E-state index contributed by atoms with van der Waals surface area (Å²) in [4.78, 5) is 27.1. The maximum absolute atomic E-state index is 12.5. The number of hydrogen-bond acceptors (Lipinski definition) is 3. The van der Waals surface area contributed by atoms with Crippen molar-refractivity contribution in [3.05, 3.63) is 0 Å². The Hall–Kier alpha value is -0.910. The van der Waals surface area contributed by atoms with Crippen molar-refractivity contribution < 1.29 is 14.7 Å². The van der Waals surface area contributed by atoms with Gasteiger partial charge in [0.15, 0.2) is 0 Å². The van der Waals surface area contributed by atoms with Crippen LogP contribution in [-0.2, 0) is 4.79 Å². The second-order valence-corrected chi connectivity index (χ2v) is 6.79. The molecule has 2 saturated heterocycles. The van der Waals surface area contributed by atoms with Crippen LogP contribution in [0.1, 0.15) is 20.3 Å². The number of nitrogens with zero attached hydrogens (tertiary/aromatic N) is 2. The lowest BCUT2D eigenvalue weighted by Gasteiger charge is -2.35. The molecule has 0 aliphatic carbocycles. The number of carboxylic acid groups (broad SMARTS) is 1. The van der Waals surface area contributed by atoms with Gasteiger partial charge < -0.3 is 14.9 Å². The van der Waals surface area contributed by atoms with Gasteiger partial charge in [-0.25, -0.2) is 9.59 Å². The highest BCUT2D eigenvalue weighted by molar-refractivity contribution is 7.99. The third-order valence-corrected chi connectivity index (χ3v) is 5.12. The van der Waals surface area contributed by atoms with Crippen molar-refractivity contribution in [2.45, 2.75) is 26.3 Å². The summed E-state index contributed by atoms with van der Waals surface area (Å²) in [5.41, 5.74) is 0. The van der Waals surface area contributed by atoms with Crippen LogP contribution in [0, 0.1) is 11.8 Å². The van der Waals surface area contributed by atoms with Crippen LogP contribution in [0.25, 0.3) is 0 Å². The molecule has 108 valence electrons. The molecule has 2 atom stereocenters. The van der Waals surface area contributed by atoms with Gasteiger partial charge in [-0.05, 0) is 18.3 Å². The predicted molar refractivity (Wildman–Crippen MR) is 75.4 cm³/mol. The minimum absolute atomic E-state index is 0.0872. The number of thioether (sulfide) groups is 1. The molecule has 2 fully saturated rings. The summed E-state index contributed by atoms with van der Waals surface area (Å²) in [5, 5.41) is 9.21. The van der Waals surface area contributed by atoms with Crippen LogP contribution in [0.15, 0.2) is 0 Å². The highest BCUT2D eigenvalue weighted by atomic mass is 32.2. The second kappa shape index (κ2) is 6.03. The summed E-state index contributed by atoms with van der Waals surface area (Å²) in [6, 6.07) is -0.750. The van der Waals surface area contributed by atoms with Crippen molar-refractivity contribution in [3.8, 4) is 0 Å². The van der Waals surface area contributed by atoms with Gasteiger partial charge in [0.05, 0.1) is 0 Å². The Balaban J connectivity index is 2.00. The van der Waals surface area contributed by atoms with Crippen LogP contribution in [0.2, 0.25) is 0 Å². The fraction of sp³-hybridized carbons (Fsp3) is 0.846.